The van der Waals surface area contributed by atoms with Gasteiger partial charge in [-0.05, 0) is 57.5 Å². The molecule has 1 fully saturated rings. The van der Waals surface area contributed by atoms with Gasteiger partial charge >= 0.3 is 0 Å². The van der Waals surface area contributed by atoms with Crippen LogP contribution in [0.1, 0.15) is 18.4 Å². The number of aryl methyl sites for hydroxylation is 1. The molecule has 0 spiro atoms. The Hall–Kier alpha value is -1.39. The Bertz CT molecular complexity index is 408. The number of likely N-dealkylation sites (tertiary alicyclic amines) is 1. The zero-order valence-corrected chi connectivity index (χ0v) is 11.6. The lowest BCUT2D eigenvalue weighted by atomic mass is 9.97. The fourth-order valence-electron chi connectivity index (χ4n) is 2.42. The van der Waals surface area contributed by atoms with Gasteiger partial charge in [0.1, 0.15) is 0 Å². The third-order valence-electron chi connectivity index (χ3n) is 3.74. The number of piperidine rings is 1. The molecule has 0 aromatic heterocycles. The Balaban J connectivity index is 1.77. The van der Waals surface area contributed by atoms with Crippen LogP contribution in [0.15, 0.2) is 24.3 Å². The SMILES string of the molecule is Cc1ccc(NC(=O)CN2CCC(CN)CC2)cc1. The largest absolute Gasteiger partial charge is 0.330 e. The van der Waals surface area contributed by atoms with Gasteiger partial charge in [0.05, 0.1) is 6.54 Å². The number of nitrogens with two attached hydrogens (primary N) is 1. The molecule has 104 valence electrons. The molecule has 1 aliphatic rings. The minimum Gasteiger partial charge on any atom is -0.330 e. The number of hydrogen-bond acceptors (Lipinski definition) is 3. The summed E-state index contributed by atoms with van der Waals surface area (Å²) < 4.78 is 0. The number of benzene rings is 1. The Morgan fingerprint density at radius 2 is 1.95 bits per heavy atom. The van der Waals surface area contributed by atoms with Crippen molar-refractivity contribution >= 4 is 11.6 Å². The molecule has 1 saturated heterocycles. The third kappa shape index (κ3) is 4.33. The highest BCUT2D eigenvalue weighted by atomic mass is 16.2. The molecule has 0 unspecified atom stereocenters. The maximum Gasteiger partial charge on any atom is 0.238 e. The van der Waals surface area contributed by atoms with Crippen LogP contribution in [0.2, 0.25) is 0 Å². The van der Waals surface area contributed by atoms with Crippen molar-refractivity contribution < 1.29 is 4.79 Å². The summed E-state index contributed by atoms with van der Waals surface area (Å²) in [6.07, 6.45) is 2.21. The van der Waals surface area contributed by atoms with E-state index < -0.39 is 0 Å². The molecule has 1 heterocycles. The van der Waals surface area contributed by atoms with Crippen molar-refractivity contribution in [2.45, 2.75) is 19.8 Å². The summed E-state index contributed by atoms with van der Waals surface area (Å²) in [7, 11) is 0. The molecule has 0 aliphatic carbocycles. The lowest BCUT2D eigenvalue weighted by Gasteiger charge is -2.30. The molecule has 1 aromatic carbocycles. The molecule has 4 nitrogen and oxygen atoms in total. The number of anilines is 1. The molecule has 4 heteroatoms. The number of nitrogens with one attached hydrogen (secondary N) is 1. The van der Waals surface area contributed by atoms with E-state index in [0.717, 1.165) is 38.2 Å². The van der Waals surface area contributed by atoms with Gasteiger partial charge in [0.2, 0.25) is 5.91 Å². The monoisotopic (exact) mass is 261 g/mol. The van der Waals surface area contributed by atoms with Crippen LogP contribution < -0.4 is 11.1 Å². The number of amides is 1. The Kier molecular flexibility index (Phi) is 4.93. The lowest BCUT2D eigenvalue weighted by molar-refractivity contribution is -0.117. The van der Waals surface area contributed by atoms with Crippen LogP contribution in [0, 0.1) is 12.8 Å². The molecule has 1 amide bonds. The van der Waals surface area contributed by atoms with Crippen LogP contribution in [0.3, 0.4) is 0 Å². The summed E-state index contributed by atoms with van der Waals surface area (Å²) in [4.78, 5) is 14.1. The maximum absolute atomic E-state index is 11.9. The first-order chi connectivity index (χ1) is 9.17. The standard InChI is InChI=1S/C15H23N3O/c1-12-2-4-14(5-3-12)17-15(19)11-18-8-6-13(10-16)7-9-18/h2-5,13H,6-11,16H2,1H3,(H,17,19). The first-order valence-corrected chi connectivity index (χ1v) is 6.96. The van der Waals surface area contributed by atoms with E-state index in [-0.39, 0.29) is 5.91 Å². The van der Waals surface area contributed by atoms with E-state index in [0.29, 0.717) is 12.5 Å². The Morgan fingerprint density at radius 1 is 1.32 bits per heavy atom. The predicted octanol–water partition coefficient (Wildman–Crippen LogP) is 1.60. The molecular formula is C15H23N3O. The predicted molar refractivity (Wildman–Crippen MR) is 78.0 cm³/mol. The molecule has 2 rings (SSSR count). The fourth-order valence-corrected chi connectivity index (χ4v) is 2.42. The van der Waals surface area contributed by atoms with E-state index in [1.54, 1.807) is 0 Å². The van der Waals surface area contributed by atoms with E-state index in [1.165, 1.54) is 5.56 Å². The summed E-state index contributed by atoms with van der Waals surface area (Å²) in [5.74, 6) is 0.700. The lowest BCUT2D eigenvalue weighted by Crippen LogP contribution is -2.40. The minimum absolute atomic E-state index is 0.0649. The zero-order valence-electron chi connectivity index (χ0n) is 11.6. The highest BCUT2D eigenvalue weighted by molar-refractivity contribution is 5.92. The van der Waals surface area contributed by atoms with Crippen molar-refractivity contribution in [3.05, 3.63) is 29.8 Å². The van der Waals surface area contributed by atoms with Crippen molar-refractivity contribution in [1.82, 2.24) is 4.90 Å². The van der Waals surface area contributed by atoms with Gasteiger partial charge in [0, 0.05) is 5.69 Å². The summed E-state index contributed by atoms with van der Waals surface area (Å²) in [5.41, 5.74) is 7.73. The van der Waals surface area contributed by atoms with Gasteiger partial charge in [0.15, 0.2) is 0 Å². The Morgan fingerprint density at radius 3 is 2.53 bits per heavy atom. The minimum atomic E-state index is 0.0649. The third-order valence-corrected chi connectivity index (χ3v) is 3.74. The Labute approximate surface area is 115 Å². The summed E-state index contributed by atoms with van der Waals surface area (Å²) in [6.45, 7) is 5.23. The smallest absolute Gasteiger partial charge is 0.238 e. The van der Waals surface area contributed by atoms with Gasteiger partial charge in [-0.15, -0.1) is 0 Å². The topological polar surface area (TPSA) is 58.4 Å². The van der Waals surface area contributed by atoms with Crippen LogP contribution in [0.4, 0.5) is 5.69 Å². The van der Waals surface area contributed by atoms with E-state index in [4.69, 9.17) is 5.73 Å². The van der Waals surface area contributed by atoms with E-state index >= 15 is 0 Å². The number of nitrogens with zero attached hydrogens (tertiary/aromatic N) is 1. The molecular weight excluding hydrogens is 238 g/mol. The number of rotatable bonds is 4. The van der Waals surface area contributed by atoms with Gasteiger partial charge in [-0.2, -0.15) is 0 Å². The molecule has 1 aromatic rings. The van der Waals surface area contributed by atoms with Crippen LogP contribution in [0.5, 0.6) is 0 Å². The van der Waals surface area contributed by atoms with Crippen LogP contribution in [-0.2, 0) is 4.79 Å². The quantitative estimate of drug-likeness (QED) is 0.865. The van der Waals surface area contributed by atoms with Crippen LogP contribution in [0.25, 0.3) is 0 Å². The first-order valence-electron chi connectivity index (χ1n) is 6.96. The second-order valence-electron chi connectivity index (χ2n) is 5.37. The summed E-state index contributed by atoms with van der Waals surface area (Å²) in [5, 5.41) is 2.94. The number of carbonyl (C=O) groups is 1. The molecule has 3 N–H and O–H groups in total. The van der Waals surface area contributed by atoms with Crippen molar-refractivity contribution in [3.63, 3.8) is 0 Å². The van der Waals surface area contributed by atoms with Crippen molar-refractivity contribution in [3.8, 4) is 0 Å². The van der Waals surface area contributed by atoms with Crippen molar-refractivity contribution in [1.29, 1.82) is 0 Å². The van der Waals surface area contributed by atoms with Gasteiger partial charge in [-0.1, -0.05) is 17.7 Å². The molecule has 0 atom stereocenters. The number of hydrogen-bond donors (Lipinski definition) is 2. The summed E-state index contributed by atoms with van der Waals surface area (Å²) in [6, 6.07) is 7.88. The molecule has 19 heavy (non-hydrogen) atoms. The van der Waals surface area contributed by atoms with E-state index in [2.05, 4.69) is 10.2 Å². The highest BCUT2D eigenvalue weighted by Gasteiger charge is 2.19. The van der Waals surface area contributed by atoms with Gasteiger partial charge in [-0.25, -0.2) is 0 Å². The van der Waals surface area contributed by atoms with Gasteiger partial charge < -0.3 is 11.1 Å². The molecule has 0 bridgehead atoms. The van der Waals surface area contributed by atoms with Crippen LogP contribution in [-0.4, -0.2) is 37.0 Å². The second-order valence-corrected chi connectivity index (χ2v) is 5.37. The molecule has 0 saturated carbocycles. The average molecular weight is 261 g/mol. The first kappa shape index (κ1) is 14.0. The number of carbonyl (C=O) groups excluding carboxylic acids is 1. The molecule has 1 aliphatic heterocycles. The zero-order chi connectivity index (χ0) is 13.7. The van der Waals surface area contributed by atoms with Gasteiger partial charge in [0.25, 0.3) is 0 Å². The summed E-state index contributed by atoms with van der Waals surface area (Å²) >= 11 is 0. The van der Waals surface area contributed by atoms with Crippen molar-refractivity contribution in [2.75, 3.05) is 31.5 Å². The highest BCUT2D eigenvalue weighted by Crippen LogP contribution is 2.15. The van der Waals surface area contributed by atoms with Gasteiger partial charge in [-0.3, -0.25) is 9.69 Å². The van der Waals surface area contributed by atoms with Crippen molar-refractivity contribution in [2.24, 2.45) is 11.7 Å². The average Bonchev–Trinajstić information content (AvgIpc) is 2.42. The normalized spacial score (nSPS) is 17.4. The fraction of sp³-hybridized carbons (Fsp3) is 0.533. The van der Waals surface area contributed by atoms with E-state index in [1.807, 2.05) is 31.2 Å². The van der Waals surface area contributed by atoms with Crippen LogP contribution >= 0.6 is 0 Å². The molecule has 0 radical (unpaired) electrons. The second kappa shape index (κ2) is 6.68. The van der Waals surface area contributed by atoms with E-state index in [9.17, 15) is 4.79 Å². The maximum atomic E-state index is 11.9.